The molecule has 1 aliphatic carbocycles. The highest BCUT2D eigenvalue weighted by Crippen LogP contribution is 2.38. The van der Waals surface area contributed by atoms with Crippen LogP contribution in [0.25, 0.3) is 0 Å². The van der Waals surface area contributed by atoms with Crippen LogP contribution >= 0.6 is 0 Å². The maximum Gasteiger partial charge on any atom is 0.307 e. The molecule has 0 saturated heterocycles. The molecule has 166 valence electrons. The second-order valence-electron chi connectivity index (χ2n) is 7.35. The first-order valence-electron chi connectivity index (χ1n) is 9.95. The zero-order valence-electron chi connectivity index (χ0n) is 17.2. The van der Waals surface area contributed by atoms with Gasteiger partial charge in [-0.2, -0.15) is 5.10 Å². The van der Waals surface area contributed by atoms with Crippen molar-refractivity contribution in [1.29, 1.82) is 0 Å². The van der Waals surface area contributed by atoms with Gasteiger partial charge in [-0.3, -0.25) is 14.4 Å². The summed E-state index contributed by atoms with van der Waals surface area (Å²) in [6.07, 6.45) is 5.58. The molecule has 10 heteroatoms. The van der Waals surface area contributed by atoms with Gasteiger partial charge in [-0.15, -0.1) is 0 Å². The first-order valence-corrected chi connectivity index (χ1v) is 9.95. The largest absolute Gasteiger partial charge is 0.481 e. The molecule has 10 nitrogen and oxygen atoms in total. The lowest BCUT2D eigenvalue weighted by Gasteiger charge is -2.24. The number of ether oxygens (including phenoxy) is 2. The molecule has 2 unspecified atom stereocenters. The molecule has 0 spiro atoms. The van der Waals surface area contributed by atoms with Crippen LogP contribution in [0.4, 0.5) is 5.69 Å². The van der Waals surface area contributed by atoms with Gasteiger partial charge < -0.3 is 24.3 Å². The van der Waals surface area contributed by atoms with Gasteiger partial charge in [0.1, 0.15) is 0 Å². The normalized spacial score (nSPS) is 19.5. The number of nitrogens with zero attached hydrogens (tertiary/aromatic N) is 1. The van der Waals surface area contributed by atoms with Crippen molar-refractivity contribution >= 4 is 29.2 Å². The fourth-order valence-corrected chi connectivity index (χ4v) is 3.60. The number of nitrogens with one attached hydrogen (secondary N) is 2. The van der Waals surface area contributed by atoms with E-state index < -0.39 is 29.6 Å². The second-order valence-corrected chi connectivity index (χ2v) is 7.35. The van der Waals surface area contributed by atoms with Crippen LogP contribution in [0.15, 0.2) is 52.2 Å². The summed E-state index contributed by atoms with van der Waals surface area (Å²) in [6.45, 7) is 1.69. The Kier molecular flexibility index (Phi) is 5.93. The average Bonchev–Trinajstić information content (AvgIpc) is 3.48. The highest BCUT2D eigenvalue weighted by atomic mass is 16.7. The predicted molar refractivity (Wildman–Crippen MR) is 113 cm³/mol. The Morgan fingerprint density at radius 2 is 1.81 bits per heavy atom. The Bertz CT molecular complexity index is 1100. The van der Waals surface area contributed by atoms with E-state index in [0.717, 1.165) is 0 Å². The number of hydrazone groups is 1. The molecule has 0 saturated carbocycles. The number of fused-ring (bicyclic) bond motifs is 1. The summed E-state index contributed by atoms with van der Waals surface area (Å²) in [4.78, 5) is 36.7. The minimum absolute atomic E-state index is 0.0338. The SMILES string of the molecule is C/C(=N\NC(=O)c1ccco1)c1cc2c(cc1NC(=O)C1CC=CCC1C(=O)O)OCO2. The molecular weight excluding hydrogens is 418 g/mol. The minimum Gasteiger partial charge on any atom is -0.481 e. The highest BCUT2D eigenvalue weighted by molar-refractivity contribution is 6.08. The number of benzene rings is 1. The van der Waals surface area contributed by atoms with Crippen LogP contribution in [-0.2, 0) is 9.59 Å². The van der Waals surface area contributed by atoms with Crippen molar-refractivity contribution in [3.8, 4) is 11.5 Å². The van der Waals surface area contributed by atoms with Crippen molar-refractivity contribution in [1.82, 2.24) is 5.43 Å². The second kappa shape index (κ2) is 8.96. The van der Waals surface area contributed by atoms with Gasteiger partial charge in [0, 0.05) is 11.6 Å². The monoisotopic (exact) mass is 439 g/mol. The molecule has 32 heavy (non-hydrogen) atoms. The van der Waals surface area contributed by atoms with Gasteiger partial charge in [-0.1, -0.05) is 12.2 Å². The Morgan fingerprint density at radius 3 is 2.50 bits per heavy atom. The van der Waals surface area contributed by atoms with Crippen LogP contribution < -0.4 is 20.2 Å². The van der Waals surface area contributed by atoms with Crippen molar-refractivity contribution in [3.05, 3.63) is 54.0 Å². The van der Waals surface area contributed by atoms with Crippen molar-refractivity contribution < 1.29 is 33.4 Å². The predicted octanol–water partition coefficient (Wildman–Crippen LogP) is 2.77. The maximum atomic E-state index is 13.0. The number of furan rings is 1. The van der Waals surface area contributed by atoms with Gasteiger partial charge in [0.2, 0.25) is 12.7 Å². The van der Waals surface area contributed by atoms with E-state index in [1.807, 2.05) is 0 Å². The van der Waals surface area contributed by atoms with E-state index in [1.54, 1.807) is 37.3 Å². The number of hydrogen-bond donors (Lipinski definition) is 3. The zero-order chi connectivity index (χ0) is 22.7. The van der Waals surface area contributed by atoms with Gasteiger partial charge in [-0.25, -0.2) is 5.43 Å². The first kappa shape index (κ1) is 21.2. The molecule has 0 radical (unpaired) electrons. The smallest absolute Gasteiger partial charge is 0.307 e. The van der Waals surface area contributed by atoms with Gasteiger partial charge in [0.05, 0.1) is 29.5 Å². The molecule has 1 aromatic heterocycles. The topological polar surface area (TPSA) is 139 Å². The van der Waals surface area contributed by atoms with Crippen LogP contribution in [0, 0.1) is 11.8 Å². The summed E-state index contributed by atoms with van der Waals surface area (Å²) >= 11 is 0. The van der Waals surface area contributed by atoms with Crippen molar-refractivity contribution in [2.45, 2.75) is 19.8 Å². The van der Waals surface area contributed by atoms with Crippen LogP contribution in [-0.4, -0.2) is 35.4 Å². The highest BCUT2D eigenvalue weighted by Gasteiger charge is 2.34. The number of carboxylic acids is 1. The van der Waals surface area contributed by atoms with Gasteiger partial charge >= 0.3 is 11.9 Å². The van der Waals surface area contributed by atoms with E-state index in [9.17, 15) is 19.5 Å². The standard InChI is InChI=1S/C22H21N3O7/c1-12(24-25-21(27)17-7-4-8-30-17)15-9-18-19(32-11-31-18)10-16(15)23-20(26)13-5-2-3-6-14(13)22(28)29/h2-4,7-10,13-14H,5-6,11H2,1H3,(H,23,26)(H,25,27)(H,28,29)/b24-12+. The van der Waals surface area contributed by atoms with Crippen LogP contribution in [0.3, 0.4) is 0 Å². The number of aliphatic carboxylic acids is 1. The zero-order valence-corrected chi connectivity index (χ0v) is 17.2. The lowest BCUT2D eigenvalue weighted by atomic mass is 9.82. The number of hydrogen-bond acceptors (Lipinski definition) is 7. The molecule has 2 aliphatic rings. The number of carbonyl (C=O) groups is 3. The molecule has 1 aromatic carbocycles. The molecule has 2 amide bonds. The summed E-state index contributed by atoms with van der Waals surface area (Å²) in [7, 11) is 0. The Hall–Kier alpha value is -4.08. The summed E-state index contributed by atoms with van der Waals surface area (Å²) in [5.74, 6) is -2.48. The Labute approximate surface area is 182 Å². The lowest BCUT2D eigenvalue weighted by molar-refractivity contribution is -0.146. The molecule has 3 N–H and O–H groups in total. The Morgan fingerprint density at radius 1 is 1.09 bits per heavy atom. The molecule has 2 heterocycles. The number of anilines is 1. The third-order valence-corrected chi connectivity index (χ3v) is 5.32. The number of carboxylic acid groups (broad SMARTS) is 1. The van der Waals surface area contributed by atoms with Crippen LogP contribution in [0.2, 0.25) is 0 Å². The van der Waals surface area contributed by atoms with Gasteiger partial charge in [0.15, 0.2) is 17.3 Å². The van der Waals surface area contributed by atoms with E-state index in [2.05, 4.69) is 15.8 Å². The van der Waals surface area contributed by atoms with Crippen molar-refractivity contribution in [3.63, 3.8) is 0 Å². The maximum absolute atomic E-state index is 13.0. The first-order chi connectivity index (χ1) is 15.4. The fourth-order valence-electron chi connectivity index (χ4n) is 3.60. The Balaban J connectivity index is 1.59. The molecular formula is C22H21N3O7. The summed E-state index contributed by atoms with van der Waals surface area (Å²) < 4.78 is 15.9. The van der Waals surface area contributed by atoms with E-state index >= 15 is 0 Å². The van der Waals surface area contributed by atoms with Crippen LogP contribution in [0.1, 0.15) is 35.9 Å². The van der Waals surface area contributed by atoms with E-state index in [-0.39, 0.29) is 12.6 Å². The quantitative estimate of drug-likeness (QED) is 0.357. The van der Waals surface area contributed by atoms with Gasteiger partial charge in [0.25, 0.3) is 0 Å². The summed E-state index contributed by atoms with van der Waals surface area (Å²) in [5.41, 5.74) is 3.64. The molecule has 0 fully saturated rings. The molecule has 2 aromatic rings. The summed E-state index contributed by atoms with van der Waals surface area (Å²) in [6, 6.07) is 6.33. The summed E-state index contributed by atoms with van der Waals surface area (Å²) in [5, 5.41) is 16.4. The minimum atomic E-state index is -1.02. The van der Waals surface area contributed by atoms with Crippen LogP contribution in [0.5, 0.6) is 11.5 Å². The lowest BCUT2D eigenvalue weighted by Crippen LogP contribution is -2.35. The molecule has 4 rings (SSSR count). The number of rotatable bonds is 6. The van der Waals surface area contributed by atoms with E-state index in [0.29, 0.717) is 41.3 Å². The average molecular weight is 439 g/mol. The number of carbonyl (C=O) groups excluding carboxylic acids is 2. The fraction of sp³-hybridized carbons (Fsp3) is 0.273. The van der Waals surface area contributed by atoms with Gasteiger partial charge in [-0.05, 0) is 38.0 Å². The van der Waals surface area contributed by atoms with E-state index in [1.165, 1.54) is 12.3 Å². The molecule has 1 aliphatic heterocycles. The number of amides is 2. The third kappa shape index (κ3) is 4.34. The van der Waals surface area contributed by atoms with Crippen molar-refractivity contribution in [2.24, 2.45) is 16.9 Å². The van der Waals surface area contributed by atoms with E-state index in [4.69, 9.17) is 13.9 Å². The molecule has 0 bridgehead atoms. The third-order valence-electron chi connectivity index (χ3n) is 5.32. The van der Waals surface area contributed by atoms with Crippen molar-refractivity contribution in [2.75, 3.05) is 12.1 Å². The molecule has 2 atom stereocenters. The number of allylic oxidation sites excluding steroid dienone is 2.